The Morgan fingerprint density at radius 1 is 1.31 bits per heavy atom. The maximum atomic E-state index is 13.2. The summed E-state index contributed by atoms with van der Waals surface area (Å²) in [5.41, 5.74) is 5.94. The molecule has 5 rings (SSSR count). The lowest BCUT2D eigenvalue weighted by molar-refractivity contribution is -0.689. The van der Waals surface area contributed by atoms with Crippen molar-refractivity contribution in [2.75, 3.05) is 11.1 Å². The lowest BCUT2D eigenvalue weighted by Crippen LogP contribution is -2.71. The van der Waals surface area contributed by atoms with Crippen molar-refractivity contribution in [3.63, 3.8) is 0 Å². The second kappa shape index (κ2) is 10.8. The zero-order valence-electron chi connectivity index (χ0n) is 20.1. The molecular formula is C23H22N7O7S2+. The quantitative estimate of drug-likeness (QED) is 0.0895. The molecule has 1 aliphatic carbocycles. The number of hydrogen-bond acceptors (Lipinski definition) is 10. The number of β-lactam (4-membered cyclic amide) rings is 1. The van der Waals surface area contributed by atoms with Gasteiger partial charge in [-0.05, 0) is 12.8 Å². The molecule has 4 amide bonds. The number of nitrogens with zero attached hydrogens (tertiary/aromatic N) is 4. The molecule has 1 saturated heterocycles. The second-order valence-corrected chi connectivity index (χ2v) is 10.7. The summed E-state index contributed by atoms with van der Waals surface area (Å²) in [4.78, 5) is 71.2. The van der Waals surface area contributed by atoms with E-state index in [-0.39, 0.29) is 34.9 Å². The third-order valence-electron chi connectivity index (χ3n) is 6.05. The number of primary amides is 1. The molecule has 202 valence electrons. The Kier molecular flexibility index (Phi) is 7.30. The van der Waals surface area contributed by atoms with Crippen molar-refractivity contribution in [1.82, 2.24) is 15.2 Å². The summed E-state index contributed by atoms with van der Waals surface area (Å²) in [6, 6.07) is 2.06. The number of hydrogen-bond donors (Lipinski definition) is 4. The SMILES string of the molecule is NC(=O)c1cc[n+](CC2=C(C(=O)O)N3C(=O)[C@@H](NC(=O)C(=NOC4CC4)c4csc(NC=O)n4)[C@@H]3SC2)cc1. The number of amides is 4. The van der Waals surface area contributed by atoms with Gasteiger partial charge >= 0.3 is 5.97 Å². The number of thiazole rings is 1. The van der Waals surface area contributed by atoms with Crippen molar-refractivity contribution >= 4 is 64.0 Å². The molecule has 2 aliphatic heterocycles. The van der Waals surface area contributed by atoms with E-state index in [1.807, 2.05) is 0 Å². The van der Waals surface area contributed by atoms with Gasteiger partial charge in [-0.3, -0.25) is 24.1 Å². The van der Waals surface area contributed by atoms with Gasteiger partial charge in [0.2, 0.25) is 12.3 Å². The van der Waals surface area contributed by atoms with Gasteiger partial charge in [0.05, 0.1) is 5.56 Å². The average molecular weight is 573 g/mol. The van der Waals surface area contributed by atoms with E-state index >= 15 is 0 Å². The van der Waals surface area contributed by atoms with Crippen LogP contribution < -0.4 is 20.9 Å². The van der Waals surface area contributed by atoms with Gasteiger partial charge in [0.15, 0.2) is 29.8 Å². The molecular weight excluding hydrogens is 550 g/mol. The Bertz CT molecular complexity index is 1420. The Morgan fingerprint density at radius 2 is 2.05 bits per heavy atom. The van der Waals surface area contributed by atoms with Gasteiger partial charge in [-0.2, -0.15) is 0 Å². The first kappa shape index (κ1) is 26.3. The first-order valence-electron chi connectivity index (χ1n) is 11.7. The summed E-state index contributed by atoms with van der Waals surface area (Å²) in [5.74, 6) is -2.84. The number of anilines is 1. The fourth-order valence-corrected chi connectivity index (χ4v) is 5.96. The minimum Gasteiger partial charge on any atom is -0.477 e. The van der Waals surface area contributed by atoms with Crippen molar-refractivity contribution in [1.29, 1.82) is 0 Å². The van der Waals surface area contributed by atoms with Crippen LogP contribution in [0.25, 0.3) is 0 Å². The Labute approximate surface area is 228 Å². The topological polar surface area (TPSA) is 197 Å². The van der Waals surface area contributed by atoms with Crippen LogP contribution in [0.4, 0.5) is 5.13 Å². The lowest BCUT2D eigenvalue weighted by atomic mass is 10.0. The summed E-state index contributed by atoms with van der Waals surface area (Å²) in [7, 11) is 0. The van der Waals surface area contributed by atoms with Crippen LogP contribution in [0.5, 0.6) is 0 Å². The number of oxime groups is 1. The van der Waals surface area contributed by atoms with E-state index in [9.17, 15) is 29.1 Å². The molecule has 5 N–H and O–H groups in total. The summed E-state index contributed by atoms with van der Waals surface area (Å²) < 4.78 is 1.68. The van der Waals surface area contributed by atoms with Crippen molar-refractivity contribution < 1.29 is 38.5 Å². The number of nitrogens with two attached hydrogens (primary N) is 1. The second-order valence-electron chi connectivity index (χ2n) is 8.79. The van der Waals surface area contributed by atoms with E-state index in [0.29, 0.717) is 23.3 Å². The fraction of sp³-hybridized carbons (Fsp3) is 0.304. The summed E-state index contributed by atoms with van der Waals surface area (Å²) in [6.07, 6.45) is 5.18. The van der Waals surface area contributed by atoms with Crippen molar-refractivity contribution in [2.24, 2.45) is 10.9 Å². The molecule has 16 heteroatoms. The third-order valence-corrected chi connectivity index (χ3v) is 8.16. The Morgan fingerprint density at radius 3 is 2.69 bits per heavy atom. The number of nitrogens with one attached hydrogen (secondary N) is 2. The minimum absolute atomic E-state index is 0.0970. The van der Waals surface area contributed by atoms with Crippen LogP contribution >= 0.6 is 23.1 Å². The number of rotatable bonds is 11. The summed E-state index contributed by atoms with van der Waals surface area (Å²) in [6.45, 7) is 0.178. The van der Waals surface area contributed by atoms with Crippen molar-refractivity contribution in [2.45, 2.75) is 36.9 Å². The van der Waals surface area contributed by atoms with E-state index in [1.54, 1.807) is 17.0 Å². The smallest absolute Gasteiger partial charge is 0.352 e. The number of thioether (sulfide) groups is 1. The third kappa shape index (κ3) is 5.46. The van der Waals surface area contributed by atoms with Gasteiger partial charge in [0.25, 0.3) is 11.8 Å². The zero-order chi connectivity index (χ0) is 27.7. The molecule has 2 aromatic rings. The van der Waals surface area contributed by atoms with Crippen LogP contribution in [0, 0.1) is 0 Å². The molecule has 2 fully saturated rings. The normalized spacial score (nSPS) is 20.6. The molecule has 3 aliphatic rings. The summed E-state index contributed by atoms with van der Waals surface area (Å²) >= 11 is 2.41. The van der Waals surface area contributed by atoms with E-state index in [2.05, 4.69) is 20.8 Å². The number of carboxylic acids is 1. The molecule has 0 aromatic carbocycles. The van der Waals surface area contributed by atoms with Gasteiger partial charge in [0, 0.05) is 28.8 Å². The molecule has 0 spiro atoms. The molecule has 0 radical (unpaired) electrons. The predicted octanol–water partition coefficient (Wildman–Crippen LogP) is -0.580. The molecule has 0 unspecified atom stereocenters. The minimum atomic E-state index is -1.26. The maximum absolute atomic E-state index is 13.2. The Balaban J connectivity index is 1.32. The highest BCUT2D eigenvalue weighted by Crippen LogP contribution is 2.40. The van der Waals surface area contributed by atoms with E-state index in [4.69, 9.17) is 10.6 Å². The molecule has 0 bridgehead atoms. The largest absolute Gasteiger partial charge is 0.477 e. The molecule has 2 aromatic heterocycles. The number of carbonyl (C=O) groups excluding carboxylic acids is 4. The van der Waals surface area contributed by atoms with Gasteiger partial charge in [-0.1, -0.05) is 5.16 Å². The van der Waals surface area contributed by atoms with Gasteiger partial charge in [-0.25, -0.2) is 14.3 Å². The summed E-state index contributed by atoms with van der Waals surface area (Å²) in [5, 5.41) is 20.1. The number of carboxylic acid groups (broad SMARTS) is 1. The Hall–Kier alpha value is -4.31. The fourth-order valence-electron chi connectivity index (χ4n) is 3.97. The van der Waals surface area contributed by atoms with E-state index < -0.39 is 35.1 Å². The predicted molar refractivity (Wildman–Crippen MR) is 137 cm³/mol. The van der Waals surface area contributed by atoms with Gasteiger partial charge in [0.1, 0.15) is 28.9 Å². The number of carbonyl (C=O) groups is 5. The van der Waals surface area contributed by atoms with Crippen LogP contribution in [0.1, 0.15) is 28.9 Å². The number of aliphatic carboxylic acids is 1. The van der Waals surface area contributed by atoms with Crippen LogP contribution in [0.15, 0.2) is 46.3 Å². The van der Waals surface area contributed by atoms with E-state index in [1.165, 1.54) is 34.2 Å². The first-order chi connectivity index (χ1) is 18.8. The number of aromatic nitrogens is 2. The van der Waals surface area contributed by atoms with Gasteiger partial charge in [-0.15, -0.1) is 23.1 Å². The maximum Gasteiger partial charge on any atom is 0.352 e. The van der Waals surface area contributed by atoms with Crippen LogP contribution in [0.3, 0.4) is 0 Å². The molecule has 2 atom stereocenters. The molecule has 39 heavy (non-hydrogen) atoms. The molecule has 1 saturated carbocycles. The monoisotopic (exact) mass is 572 g/mol. The highest BCUT2D eigenvalue weighted by molar-refractivity contribution is 8.00. The first-order valence-corrected chi connectivity index (χ1v) is 13.6. The molecule has 14 nitrogen and oxygen atoms in total. The number of fused-ring (bicyclic) bond motifs is 1. The molecule has 4 heterocycles. The van der Waals surface area contributed by atoms with E-state index in [0.717, 1.165) is 24.2 Å². The zero-order valence-corrected chi connectivity index (χ0v) is 21.7. The highest BCUT2D eigenvalue weighted by Gasteiger charge is 2.54. The number of pyridine rings is 1. The lowest BCUT2D eigenvalue weighted by Gasteiger charge is -2.49. The van der Waals surface area contributed by atoms with Gasteiger partial charge < -0.3 is 26.3 Å². The van der Waals surface area contributed by atoms with Crippen LogP contribution in [0.2, 0.25) is 0 Å². The van der Waals surface area contributed by atoms with Crippen molar-refractivity contribution in [3.8, 4) is 0 Å². The van der Waals surface area contributed by atoms with Crippen LogP contribution in [-0.2, 0) is 30.6 Å². The van der Waals surface area contributed by atoms with Crippen molar-refractivity contribution in [3.05, 3.63) is 52.4 Å². The van der Waals surface area contributed by atoms with Crippen LogP contribution in [-0.4, -0.2) is 74.1 Å². The average Bonchev–Trinajstić information content (AvgIpc) is 3.63. The highest BCUT2D eigenvalue weighted by atomic mass is 32.2. The standard InChI is InChI=1S/C23H21N7O7S2/c24-18(32)11-3-5-29(6-4-11)7-12-8-38-21-16(20(34)30(21)17(12)22(35)36)27-19(33)15(28-37-13-1-2-13)14-9-39-23(26-14)25-10-31/h3-6,9-10,13,16,21H,1-2,7-8H2,(H4-,24,25,26,27,31,32,33,35,36)/p+1/t16-,21+/m1/s1.